The van der Waals surface area contributed by atoms with Gasteiger partial charge in [-0.05, 0) is 30.0 Å². The number of rotatable bonds is 6. The molecule has 4 rings (SSSR count). The van der Waals surface area contributed by atoms with Crippen molar-refractivity contribution < 1.29 is 8.91 Å². The molecule has 0 bridgehead atoms. The molecule has 0 saturated carbocycles. The van der Waals surface area contributed by atoms with Gasteiger partial charge in [-0.3, -0.25) is 0 Å². The molecule has 8 heteroatoms. The van der Waals surface area contributed by atoms with Gasteiger partial charge in [-0.25, -0.2) is 14.4 Å². The van der Waals surface area contributed by atoms with Crippen LogP contribution >= 0.6 is 11.3 Å². The number of benzene rings is 1. The van der Waals surface area contributed by atoms with E-state index in [-0.39, 0.29) is 23.3 Å². The van der Waals surface area contributed by atoms with E-state index >= 15 is 0 Å². The van der Waals surface area contributed by atoms with Crippen LogP contribution in [-0.2, 0) is 0 Å². The highest BCUT2D eigenvalue weighted by molar-refractivity contribution is 7.10. The fraction of sp³-hybridized carbons (Fsp3) is 0.158. The molecule has 136 valence electrons. The Bertz CT molecular complexity index is 1030. The summed E-state index contributed by atoms with van der Waals surface area (Å²) >= 11 is 1.68. The van der Waals surface area contributed by atoms with Crippen molar-refractivity contribution in [3.8, 4) is 22.8 Å². The monoisotopic (exact) mass is 381 g/mol. The fourth-order valence-corrected chi connectivity index (χ4v) is 3.58. The predicted octanol–water partition coefficient (Wildman–Crippen LogP) is 4.96. The van der Waals surface area contributed by atoms with Gasteiger partial charge < -0.3 is 9.84 Å². The van der Waals surface area contributed by atoms with E-state index in [9.17, 15) is 4.39 Å². The Balaban J connectivity index is 1.67. The number of nitrogens with one attached hydrogen (secondary N) is 1. The average Bonchev–Trinajstić information content (AvgIpc) is 3.39. The summed E-state index contributed by atoms with van der Waals surface area (Å²) in [5.74, 6) is 0.603. The van der Waals surface area contributed by atoms with E-state index in [2.05, 4.69) is 38.4 Å². The summed E-state index contributed by atoms with van der Waals surface area (Å²) in [6, 6.07) is 10.5. The van der Waals surface area contributed by atoms with Crippen molar-refractivity contribution in [1.29, 1.82) is 0 Å². The molecule has 0 aliphatic rings. The molecule has 0 spiro atoms. The van der Waals surface area contributed by atoms with E-state index in [1.807, 2.05) is 11.4 Å². The molecule has 0 saturated heterocycles. The molecule has 0 fully saturated rings. The van der Waals surface area contributed by atoms with E-state index in [0.717, 1.165) is 6.42 Å². The Hall–Kier alpha value is -3.13. The molecule has 0 amide bonds. The van der Waals surface area contributed by atoms with Crippen LogP contribution in [0.2, 0.25) is 0 Å². The second-order valence-corrected chi connectivity index (χ2v) is 6.79. The van der Waals surface area contributed by atoms with Crippen LogP contribution in [0.5, 0.6) is 0 Å². The van der Waals surface area contributed by atoms with Gasteiger partial charge in [0, 0.05) is 11.1 Å². The minimum atomic E-state index is -0.406. The van der Waals surface area contributed by atoms with E-state index in [0.29, 0.717) is 11.4 Å². The van der Waals surface area contributed by atoms with Gasteiger partial charge >= 0.3 is 0 Å². The zero-order valence-corrected chi connectivity index (χ0v) is 15.3. The molecule has 3 aromatic heterocycles. The summed E-state index contributed by atoms with van der Waals surface area (Å²) in [7, 11) is 0. The number of aromatic nitrogens is 4. The Labute approximate surface area is 159 Å². The van der Waals surface area contributed by atoms with Crippen LogP contribution in [0.25, 0.3) is 22.8 Å². The van der Waals surface area contributed by atoms with E-state index < -0.39 is 5.82 Å². The molecule has 1 N–H and O–H groups in total. The van der Waals surface area contributed by atoms with E-state index in [1.165, 1.54) is 17.3 Å². The topological polar surface area (TPSA) is 76.7 Å². The molecule has 4 aromatic rings. The van der Waals surface area contributed by atoms with Gasteiger partial charge in [0.2, 0.25) is 5.82 Å². The number of hydrogen-bond donors (Lipinski definition) is 1. The smallest absolute Gasteiger partial charge is 0.263 e. The third-order valence-electron chi connectivity index (χ3n) is 4.09. The van der Waals surface area contributed by atoms with Gasteiger partial charge in [0.15, 0.2) is 0 Å². The Morgan fingerprint density at radius 1 is 1.19 bits per heavy atom. The molecule has 0 unspecified atom stereocenters. The van der Waals surface area contributed by atoms with Crippen molar-refractivity contribution in [2.45, 2.75) is 19.4 Å². The van der Waals surface area contributed by atoms with E-state index in [4.69, 9.17) is 4.52 Å². The van der Waals surface area contributed by atoms with Crippen molar-refractivity contribution in [1.82, 2.24) is 20.1 Å². The van der Waals surface area contributed by atoms with Crippen molar-refractivity contribution in [2.75, 3.05) is 5.32 Å². The zero-order valence-electron chi connectivity index (χ0n) is 14.5. The number of thiophene rings is 1. The van der Waals surface area contributed by atoms with Crippen molar-refractivity contribution in [2.24, 2.45) is 0 Å². The van der Waals surface area contributed by atoms with Crippen LogP contribution < -0.4 is 5.32 Å². The van der Waals surface area contributed by atoms with Gasteiger partial charge in [0.1, 0.15) is 23.5 Å². The molecule has 0 radical (unpaired) electrons. The SMILES string of the molecule is CC[C@H](Nc1ncncc1-c1nc(-c2ccccc2F)no1)c1cccs1. The summed E-state index contributed by atoms with van der Waals surface area (Å²) < 4.78 is 19.3. The number of anilines is 1. The summed E-state index contributed by atoms with van der Waals surface area (Å²) in [6.07, 6.45) is 3.95. The lowest BCUT2D eigenvalue weighted by molar-refractivity contribution is 0.431. The largest absolute Gasteiger partial charge is 0.362 e. The first kappa shape index (κ1) is 17.3. The summed E-state index contributed by atoms with van der Waals surface area (Å²) in [6.45, 7) is 2.10. The third kappa shape index (κ3) is 3.56. The summed E-state index contributed by atoms with van der Waals surface area (Å²) in [5.41, 5.74) is 0.853. The normalized spacial score (nSPS) is 12.1. The van der Waals surface area contributed by atoms with Crippen LogP contribution in [0.3, 0.4) is 0 Å². The molecule has 6 nitrogen and oxygen atoms in total. The highest BCUT2D eigenvalue weighted by Crippen LogP contribution is 2.31. The highest BCUT2D eigenvalue weighted by Gasteiger charge is 2.19. The van der Waals surface area contributed by atoms with Crippen LogP contribution in [0, 0.1) is 5.82 Å². The number of nitrogens with zero attached hydrogens (tertiary/aromatic N) is 4. The maximum atomic E-state index is 14.0. The summed E-state index contributed by atoms with van der Waals surface area (Å²) in [4.78, 5) is 13.9. The maximum Gasteiger partial charge on any atom is 0.263 e. The molecular weight excluding hydrogens is 365 g/mol. The number of hydrogen-bond acceptors (Lipinski definition) is 7. The average molecular weight is 381 g/mol. The lowest BCUT2D eigenvalue weighted by Crippen LogP contribution is -2.10. The third-order valence-corrected chi connectivity index (χ3v) is 5.08. The lowest BCUT2D eigenvalue weighted by Gasteiger charge is -2.17. The molecule has 1 atom stereocenters. The quantitative estimate of drug-likeness (QED) is 0.509. The highest BCUT2D eigenvalue weighted by atomic mass is 32.1. The minimum Gasteiger partial charge on any atom is -0.362 e. The first-order valence-electron chi connectivity index (χ1n) is 8.45. The first-order chi connectivity index (χ1) is 13.3. The second-order valence-electron chi connectivity index (χ2n) is 5.81. The molecule has 0 aliphatic heterocycles. The van der Waals surface area contributed by atoms with Gasteiger partial charge in [-0.15, -0.1) is 11.3 Å². The van der Waals surface area contributed by atoms with Crippen LogP contribution in [0.4, 0.5) is 10.2 Å². The van der Waals surface area contributed by atoms with E-state index in [1.54, 1.807) is 35.7 Å². The Morgan fingerprint density at radius 2 is 2.07 bits per heavy atom. The fourth-order valence-electron chi connectivity index (χ4n) is 2.71. The van der Waals surface area contributed by atoms with Crippen LogP contribution in [0.1, 0.15) is 24.3 Å². The Morgan fingerprint density at radius 3 is 2.85 bits per heavy atom. The van der Waals surface area contributed by atoms with Crippen molar-refractivity contribution in [3.05, 3.63) is 65.0 Å². The molecule has 0 aliphatic carbocycles. The van der Waals surface area contributed by atoms with Crippen molar-refractivity contribution in [3.63, 3.8) is 0 Å². The Kier molecular flexibility index (Phi) is 4.88. The lowest BCUT2D eigenvalue weighted by atomic mass is 10.1. The van der Waals surface area contributed by atoms with Crippen molar-refractivity contribution >= 4 is 17.2 Å². The van der Waals surface area contributed by atoms with Crippen LogP contribution in [-0.4, -0.2) is 20.1 Å². The van der Waals surface area contributed by atoms with Gasteiger partial charge in [-0.2, -0.15) is 4.98 Å². The van der Waals surface area contributed by atoms with Gasteiger partial charge in [-0.1, -0.05) is 30.3 Å². The maximum absolute atomic E-state index is 14.0. The second kappa shape index (κ2) is 7.63. The predicted molar refractivity (Wildman–Crippen MR) is 102 cm³/mol. The van der Waals surface area contributed by atoms with Gasteiger partial charge in [0.25, 0.3) is 5.89 Å². The van der Waals surface area contributed by atoms with Gasteiger partial charge in [0.05, 0.1) is 11.6 Å². The number of halogens is 1. The molecule has 1 aromatic carbocycles. The zero-order chi connectivity index (χ0) is 18.6. The molecular formula is C19H16FN5OS. The minimum absolute atomic E-state index is 0.104. The standard InChI is InChI=1S/C19H16FN5OS/c1-2-15(16-8-5-9-27-16)23-17-13(10-21-11-22-17)19-24-18(25-26-19)12-6-3-4-7-14(12)20/h3-11,15H,2H2,1H3,(H,21,22,23)/t15-/m0/s1. The molecule has 3 heterocycles. The summed E-state index contributed by atoms with van der Waals surface area (Å²) in [5, 5.41) is 9.36. The van der Waals surface area contributed by atoms with Crippen LogP contribution in [0.15, 0.2) is 58.8 Å². The first-order valence-corrected chi connectivity index (χ1v) is 9.33. The molecule has 27 heavy (non-hydrogen) atoms.